The van der Waals surface area contributed by atoms with Crippen LogP contribution < -0.4 is 5.32 Å². The summed E-state index contributed by atoms with van der Waals surface area (Å²) < 4.78 is 20.6. The molecule has 2 amide bonds. The zero-order valence-electron chi connectivity index (χ0n) is 19.4. The summed E-state index contributed by atoms with van der Waals surface area (Å²) in [5.74, 6) is -0.669. The van der Waals surface area contributed by atoms with Crippen LogP contribution in [0, 0.1) is 5.82 Å². The molecule has 1 atom stereocenters. The second-order valence-electron chi connectivity index (χ2n) is 9.05. The highest BCUT2D eigenvalue weighted by molar-refractivity contribution is 5.92. The summed E-state index contributed by atoms with van der Waals surface area (Å²) in [5, 5.41) is 4.01. The second kappa shape index (κ2) is 10.2. The molecule has 0 bridgehead atoms. The van der Waals surface area contributed by atoms with Crippen LogP contribution in [0.2, 0.25) is 0 Å². The summed E-state index contributed by atoms with van der Waals surface area (Å²) in [6, 6.07) is 16.3. The molecule has 1 saturated carbocycles. The van der Waals surface area contributed by atoms with Gasteiger partial charge in [-0.1, -0.05) is 49.2 Å². The van der Waals surface area contributed by atoms with E-state index < -0.39 is 11.9 Å². The molecule has 7 heteroatoms. The van der Waals surface area contributed by atoms with Crippen LogP contribution in [0.5, 0.6) is 0 Å². The highest BCUT2D eigenvalue weighted by atomic mass is 19.1. The Hall–Kier alpha value is -3.87. The van der Waals surface area contributed by atoms with Crippen LogP contribution in [0.4, 0.5) is 4.39 Å². The minimum atomic E-state index is -1.13. The van der Waals surface area contributed by atoms with Gasteiger partial charge < -0.3 is 19.6 Å². The lowest BCUT2D eigenvalue weighted by molar-refractivity contribution is -0.141. The molecule has 2 heterocycles. The number of aromatic nitrogens is 1. The van der Waals surface area contributed by atoms with Crippen molar-refractivity contribution >= 4 is 22.7 Å². The third kappa shape index (κ3) is 4.99. The van der Waals surface area contributed by atoms with Gasteiger partial charge in [-0.15, -0.1) is 0 Å². The third-order valence-corrected chi connectivity index (χ3v) is 6.70. The molecule has 35 heavy (non-hydrogen) atoms. The Balaban J connectivity index is 1.52. The van der Waals surface area contributed by atoms with E-state index in [1.807, 2.05) is 30.5 Å². The number of para-hydroxylation sites is 1. The van der Waals surface area contributed by atoms with Crippen molar-refractivity contribution in [1.82, 2.24) is 15.2 Å². The first-order valence-electron chi connectivity index (χ1n) is 12.0. The Morgan fingerprint density at radius 1 is 1.06 bits per heavy atom. The Kier molecular flexibility index (Phi) is 6.66. The zero-order valence-corrected chi connectivity index (χ0v) is 19.4. The SMILES string of the molecule is O=C(NC1CCCC1)[C@H](c1ccccc1F)N(Cc1ccco1)C(=O)Cc1c[nH]c2ccccc12. The fourth-order valence-corrected chi connectivity index (χ4v) is 4.93. The number of H-pyrrole nitrogens is 1. The predicted molar refractivity (Wildman–Crippen MR) is 131 cm³/mol. The van der Waals surface area contributed by atoms with Crippen molar-refractivity contribution in [3.05, 3.63) is 95.8 Å². The highest BCUT2D eigenvalue weighted by Gasteiger charge is 2.35. The van der Waals surface area contributed by atoms with E-state index in [0.29, 0.717) is 5.76 Å². The maximum absolute atomic E-state index is 15.1. The van der Waals surface area contributed by atoms with Gasteiger partial charge in [0.2, 0.25) is 11.8 Å². The summed E-state index contributed by atoms with van der Waals surface area (Å²) in [5.41, 5.74) is 1.91. The molecule has 0 aliphatic heterocycles. The summed E-state index contributed by atoms with van der Waals surface area (Å²) in [6.45, 7) is 0.0469. The van der Waals surface area contributed by atoms with Crippen molar-refractivity contribution in [3.63, 3.8) is 0 Å². The number of nitrogens with zero attached hydrogens (tertiary/aromatic N) is 1. The average molecular weight is 474 g/mol. The van der Waals surface area contributed by atoms with E-state index in [4.69, 9.17) is 4.42 Å². The van der Waals surface area contributed by atoms with Gasteiger partial charge in [-0.2, -0.15) is 0 Å². The van der Waals surface area contributed by atoms with E-state index in [-0.39, 0.29) is 36.4 Å². The van der Waals surface area contributed by atoms with E-state index in [1.54, 1.807) is 30.3 Å². The molecular weight excluding hydrogens is 445 g/mol. The second-order valence-corrected chi connectivity index (χ2v) is 9.05. The topological polar surface area (TPSA) is 78.3 Å². The van der Waals surface area contributed by atoms with Crippen LogP contribution in [-0.2, 0) is 22.6 Å². The normalized spacial score (nSPS) is 14.8. The van der Waals surface area contributed by atoms with Crippen LogP contribution in [0.15, 0.2) is 77.5 Å². The number of benzene rings is 2. The highest BCUT2D eigenvalue weighted by Crippen LogP contribution is 2.29. The van der Waals surface area contributed by atoms with Gasteiger partial charge in [0.1, 0.15) is 17.6 Å². The van der Waals surface area contributed by atoms with Crippen molar-refractivity contribution in [2.45, 2.75) is 50.7 Å². The van der Waals surface area contributed by atoms with Gasteiger partial charge in [-0.3, -0.25) is 9.59 Å². The number of fused-ring (bicyclic) bond motifs is 1. The van der Waals surface area contributed by atoms with Crippen LogP contribution in [-0.4, -0.2) is 27.7 Å². The molecular formula is C28H28FN3O3. The minimum Gasteiger partial charge on any atom is -0.467 e. The van der Waals surface area contributed by atoms with E-state index >= 15 is 4.39 Å². The smallest absolute Gasteiger partial charge is 0.247 e. The first-order chi connectivity index (χ1) is 17.1. The van der Waals surface area contributed by atoms with Crippen molar-refractivity contribution in [2.24, 2.45) is 0 Å². The van der Waals surface area contributed by atoms with Crippen LogP contribution in [0.3, 0.4) is 0 Å². The lowest BCUT2D eigenvalue weighted by Gasteiger charge is -2.32. The van der Waals surface area contributed by atoms with Crippen LogP contribution >= 0.6 is 0 Å². The number of nitrogens with one attached hydrogen (secondary N) is 2. The number of carbonyl (C=O) groups excluding carboxylic acids is 2. The third-order valence-electron chi connectivity index (χ3n) is 6.70. The lowest BCUT2D eigenvalue weighted by atomic mass is 10.0. The first-order valence-corrected chi connectivity index (χ1v) is 12.0. The van der Waals surface area contributed by atoms with Crippen LogP contribution in [0.25, 0.3) is 10.9 Å². The number of halogens is 1. The van der Waals surface area contributed by atoms with E-state index in [2.05, 4.69) is 10.3 Å². The van der Waals surface area contributed by atoms with Gasteiger partial charge in [-0.05, 0) is 42.7 Å². The predicted octanol–water partition coefficient (Wildman–Crippen LogP) is 5.27. The molecule has 180 valence electrons. The molecule has 4 aromatic rings. The quantitative estimate of drug-likeness (QED) is 0.366. The number of aromatic amines is 1. The van der Waals surface area contributed by atoms with Crippen molar-refractivity contribution in [2.75, 3.05) is 0 Å². The maximum atomic E-state index is 15.1. The zero-order chi connectivity index (χ0) is 24.2. The molecule has 5 rings (SSSR count). The molecule has 2 N–H and O–H groups in total. The molecule has 0 saturated heterocycles. The lowest BCUT2D eigenvalue weighted by Crippen LogP contribution is -2.46. The number of amides is 2. The number of hydrogen-bond acceptors (Lipinski definition) is 3. The summed E-state index contributed by atoms with van der Waals surface area (Å²) >= 11 is 0. The number of hydrogen-bond donors (Lipinski definition) is 2. The van der Waals surface area contributed by atoms with Crippen molar-refractivity contribution in [1.29, 1.82) is 0 Å². The number of carbonyl (C=O) groups is 2. The average Bonchev–Trinajstić information content (AvgIpc) is 3.63. The molecule has 0 spiro atoms. The molecule has 1 aliphatic carbocycles. The van der Waals surface area contributed by atoms with Crippen molar-refractivity contribution < 1.29 is 18.4 Å². The van der Waals surface area contributed by atoms with E-state index in [9.17, 15) is 9.59 Å². The number of furan rings is 1. The molecule has 0 radical (unpaired) electrons. The molecule has 6 nitrogen and oxygen atoms in total. The fraction of sp³-hybridized carbons (Fsp3) is 0.286. The monoisotopic (exact) mass is 473 g/mol. The summed E-state index contributed by atoms with van der Waals surface area (Å²) in [6.07, 6.45) is 7.26. The molecule has 0 unspecified atom stereocenters. The van der Waals surface area contributed by atoms with Crippen LogP contribution in [0.1, 0.15) is 48.6 Å². The van der Waals surface area contributed by atoms with Gasteiger partial charge >= 0.3 is 0 Å². The molecule has 2 aromatic carbocycles. The van der Waals surface area contributed by atoms with Gasteiger partial charge in [-0.25, -0.2) is 4.39 Å². The first kappa shape index (κ1) is 22.9. The van der Waals surface area contributed by atoms with E-state index in [1.165, 1.54) is 17.2 Å². The summed E-state index contributed by atoms with van der Waals surface area (Å²) in [7, 11) is 0. The Morgan fingerprint density at radius 3 is 2.60 bits per heavy atom. The Labute approximate surface area is 203 Å². The number of rotatable bonds is 8. The van der Waals surface area contributed by atoms with Gasteiger partial charge in [0.05, 0.1) is 19.2 Å². The van der Waals surface area contributed by atoms with Crippen molar-refractivity contribution in [3.8, 4) is 0 Å². The van der Waals surface area contributed by atoms with E-state index in [0.717, 1.165) is 42.1 Å². The summed E-state index contributed by atoms with van der Waals surface area (Å²) in [4.78, 5) is 32.1. The largest absolute Gasteiger partial charge is 0.467 e. The Bertz CT molecular complexity index is 1310. The molecule has 1 fully saturated rings. The van der Waals surface area contributed by atoms with Gasteiger partial charge in [0.25, 0.3) is 0 Å². The maximum Gasteiger partial charge on any atom is 0.247 e. The van der Waals surface area contributed by atoms with Gasteiger partial charge in [0, 0.05) is 28.7 Å². The standard InChI is InChI=1S/C28H28FN3O3/c29-24-13-5-3-12-23(24)27(28(34)31-20-8-1-2-9-20)32(18-21-10-7-15-35-21)26(33)16-19-17-30-25-14-6-4-11-22(19)25/h3-7,10-15,17,20,27,30H,1-2,8-9,16,18H2,(H,31,34)/t27-/m0/s1. The molecule has 1 aliphatic rings. The Morgan fingerprint density at radius 2 is 1.83 bits per heavy atom. The van der Waals surface area contributed by atoms with Gasteiger partial charge in [0.15, 0.2) is 0 Å². The minimum absolute atomic E-state index is 0.0333. The molecule has 2 aromatic heterocycles. The fourth-order valence-electron chi connectivity index (χ4n) is 4.93.